The van der Waals surface area contributed by atoms with E-state index in [-0.39, 0.29) is 12.0 Å². The zero-order valence-electron chi connectivity index (χ0n) is 16.4. The molecule has 0 aliphatic carbocycles. The fraction of sp³-hybridized carbons (Fsp3) is 0.400. The number of hydrogen-bond acceptors (Lipinski definition) is 7. The highest BCUT2D eigenvalue weighted by molar-refractivity contribution is 5.92. The van der Waals surface area contributed by atoms with Crippen LogP contribution in [0.25, 0.3) is 11.5 Å². The number of aromatic nitrogens is 4. The van der Waals surface area contributed by atoms with E-state index in [1.165, 1.54) is 0 Å². The minimum Gasteiger partial charge on any atom is -0.486 e. The zero-order valence-corrected chi connectivity index (χ0v) is 16.4. The van der Waals surface area contributed by atoms with Gasteiger partial charge in [0.25, 0.3) is 11.8 Å². The quantitative estimate of drug-likeness (QED) is 0.574. The van der Waals surface area contributed by atoms with Crippen LogP contribution >= 0.6 is 0 Å². The smallest absolute Gasteiger partial charge is 0.274 e. The fourth-order valence-electron chi connectivity index (χ4n) is 3.08. The fourth-order valence-corrected chi connectivity index (χ4v) is 3.08. The number of nitrogens with zero attached hydrogens (tertiary/aromatic N) is 5. The Bertz CT molecular complexity index is 977. The molecule has 0 spiro atoms. The number of likely N-dealkylation sites (tertiary alicyclic amines) is 1. The Balaban J connectivity index is 1.39. The molecule has 1 amide bonds. The summed E-state index contributed by atoms with van der Waals surface area (Å²) in [6.07, 6.45) is 2.29. The zero-order chi connectivity index (χ0) is 20.2. The van der Waals surface area contributed by atoms with Gasteiger partial charge in [0.1, 0.15) is 17.5 Å². The van der Waals surface area contributed by atoms with Crippen LogP contribution in [-0.4, -0.2) is 63.6 Å². The van der Waals surface area contributed by atoms with Crippen molar-refractivity contribution in [2.75, 3.05) is 26.8 Å². The molecule has 9 heteroatoms. The molecule has 9 nitrogen and oxygen atoms in total. The molecule has 0 saturated carbocycles. The molecule has 0 bridgehead atoms. The van der Waals surface area contributed by atoms with Gasteiger partial charge in [-0.15, -0.1) is 0 Å². The number of carbonyl (C=O) groups excluding carboxylic acids is 1. The van der Waals surface area contributed by atoms with E-state index in [1.807, 2.05) is 37.4 Å². The van der Waals surface area contributed by atoms with Crippen LogP contribution in [0.1, 0.15) is 23.2 Å². The third kappa shape index (κ3) is 4.14. The number of para-hydroxylation sites is 1. The molecule has 0 N–H and O–H groups in total. The molecule has 3 heterocycles. The first-order valence-electron chi connectivity index (χ1n) is 9.58. The van der Waals surface area contributed by atoms with E-state index in [4.69, 9.17) is 14.0 Å². The molecule has 1 saturated heterocycles. The lowest BCUT2D eigenvalue weighted by Gasteiger charge is -2.38. The number of benzene rings is 1. The van der Waals surface area contributed by atoms with Crippen molar-refractivity contribution in [1.29, 1.82) is 0 Å². The summed E-state index contributed by atoms with van der Waals surface area (Å²) in [6, 6.07) is 9.26. The Labute approximate surface area is 168 Å². The van der Waals surface area contributed by atoms with Gasteiger partial charge in [-0.3, -0.25) is 9.48 Å². The Morgan fingerprint density at radius 3 is 2.86 bits per heavy atom. The summed E-state index contributed by atoms with van der Waals surface area (Å²) in [5.74, 6) is 1.57. The summed E-state index contributed by atoms with van der Waals surface area (Å²) in [7, 11) is 1.63. The third-order valence-corrected chi connectivity index (χ3v) is 4.73. The molecular weight excluding hydrogens is 374 g/mol. The predicted molar refractivity (Wildman–Crippen MR) is 104 cm³/mol. The first-order valence-corrected chi connectivity index (χ1v) is 9.58. The molecule has 4 rings (SSSR count). The van der Waals surface area contributed by atoms with Crippen LogP contribution in [0.4, 0.5) is 0 Å². The van der Waals surface area contributed by atoms with E-state index < -0.39 is 0 Å². The molecule has 2 aromatic heterocycles. The van der Waals surface area contributed by atoms with Gasteiger partial charge in [-0.05, 0) is 25.1 Å². The Kier molecular flexibility index (Phi) is 5.57. The number of rotatable bonds is 8. The third-order valence-electron chi connectivity index (χ3n) is 4.73. The largest absolute Gasteiger partial charge is 0.486 e. The maximum Gasteiger partial charge on any atom is 0.274 e. The van der Waals surface area contributed by atoms with Crippen LogP contribution in [-0.2, 0) is 17.7 Å². The summed E-state index contributed by atoms with van der Waals surface area (Å²) in [5.41, 5.74) is 1.19. The molecule has 1 aliphatic rings. The van der Waals surface area contributed by atoms with Crippen LogP contribution in [0.3, 0.4) is 0 Å². The van der Waals surface area contributed by atoms with Crippen molar-refractivity contribution in [3.63, 3.8) is 0 Å². The summed E-state index contributed by atoms with van der Waals surface area (Å²) < 4.78 is 18.3. The summed E-state index contributed by atoms with van der Waals surface area (Å²) in [6.45, 7) is 4.26. The van der Waals surface area contributed by atoms with Gasteiger partial charge in [0.05, 0.1) is 25.3 Å². The number of methoxy groups -OCH3 is 1. The van der Waals surface area contributed by atoms with Gasteiger partial charge in [-0.25, -0.2) is 0 Å². The van der Waals surface area contributed by atoms with E-state index in [0.29, 0.717) is 49.3 Å². The van der Waals surface area contributed by atoms with Crippen LogP contribution in [0.15, 0.2) is 41.1 Å². The molecule has 3 aromatic rings. The van der Waals surface area contributed by atoms with E-state index in [1.54, 1.807) is 22.8 Å². The number of amides is 1. The standard InChI is InChI=1S/C20H23N5O4/c1-3-25-10-8-16(22-25)20(26)24-12-14(13-24)28-17-7-5-4-6-15(17)19-21-18(23-29-19)9-11-27-2/h4-8,10,14H,3,9,11-13H2,1-2H3. The van der Waals surface area contributed by atoms with Crippen molar-refractivity contribution in [3.8, 4) is 17.2 Å². The van der Waals surface area contributed by atoms with Crippen molar-refractivity contribution in [2.45, 2.75) is 26.0 Å². The predicted octanol–water partition coefficient (Wildman–Crippen LogP) is 2.05. The highest BCUT2D eigenvalue weighted by Gasteiger charge is 2.34. The lowest BCUT2D eigenvalue weighted by Crippen LogP contribution is -2.56. The summed E-state index contributed by atoms with van der Waals surface area (Å²) >= 11 is 0. The van der Waals surface area contributed by atoms with E-state index in [9.17, 15) is 4.79 Å². The highest BCUT2D eigenvalue weighted by atomic mass is 16.5. The number of aryl methyl sites for hydroxylation is 1. The molecule has 0 radical (unpaired) electrons. The average Bonchev–Trinajstić information content (AvgIpc) is 3.38. The second kappa shape index (κ2) is 8.44. The SMILES string of the molecule is CCn1ccc(C(=O)N2CC(Oc3ccccc3-c3nc(CCOC)no3)C2)n1. The summed E-state index contributed by atoms with van der Waals surface area (Å²) in [4.78, 5) is 18.6. The first-order chi connectivity index (χ1) is 14.2. The van der Waals surface area contributed by atoms with Crippen molar-refractivity contribution in [3.05, 3.63) is 48.0 Å². The lowest BCUT2D eigenvalue weighted by molar-refractivity contribution is 0.0174. The van der Waals surface area contributed by atoms with Crippen LogP contribution in [0, 0.1) is 0 Å². The first kappa shape index (κ1) is 19.1. The van der Waals surface area contributed by atoms with Crippen LogP contribution in [0.5, 0.6) is 5.75 Å². The van der Waals surface area contributed by atoms with Crippen molar-refractivity contribution in [2.24, 2.45) is 0 Å². The molecule has 29 heavy (non-hydrogen) atoms. The molecule has 1 fully saturated rings. The van der Waals surface area contributed by atoms with Gasteiger partial charge in [0.2, 0.25) is 0 Å². The summed E-state index contributed by atoms with van der Waals surface area (Å²) in [5, 5.41) is 8.24. The van der Waals surface area contributed by atoms with Crippen molar-refractivity contribution in [1.82, 2.24) is 24.8 Å². The average molecular weight is 397 g/mol. The second-order valence-electron chi connectivity index (χ2n) is 6.76. The highest BCUT2D eigenvalue weighted by Crippen LogP contribution is 2.30. The van der Waals surface area contributed by atoms with Gasteiger partial charge in [-0.1, -0.05) is 17.3 Å². The van der Waals surface area contributed by atoms with Crippen molar-refractivity contribution >= 4 is 5.91 Å². The van der Waals surface area contributed by atoms with Gasteiger partial charge in [0.15, 0.2) is 5.82 Å². The molecule has 0 unspecified atom stereocenters. The van der Waals surface area contributed by atoms with E-state index >= 15 is 0 Å². The Hall–Kier alpha value is -3.20. The van der Waals surface area contributed by atoms with Gasteiger partial charge >= 0.3 is 0 Å². The minimum atomic E-state index is -0.0933. The van der Waals surface area contributed by atoms with Gasteiger partial charge in [-0.2, -0.15) is 10.1 Å². The molecule has 0 atom stereocenters. The number of carbonyl (C=O) groups is 1. The number of ether oxygens (including phenoxy) is 2. The van der Waals surface area contributed by atoms with E-state index in [2.05, 4.69) is 15.2 Å². The second-order valence-corrected chi connectivity index (χ2v) is 6.76. The Morgan fingerprint density at radius 2 is 2.10 bits per heavy atom. The maximum absolute atomic E-state index is 12.5. The van der Waals surface area contributed by atoms with Crippen molar-refractivity contribution < 1.29 is 18.8 Å². The minimum absolute atomic E-state index is 0.0787. The molecular formula is C20H23N5O4. The van der Waals surface area contributed by atoms with Crippen LogP contribution in [0.2, 0.25) is 0 Å². The topological polar surface area (TPSA) is 95.5 Å². The van der Waals surface area contributed by atoms with Gasteiger partial charge < -0.3 is 18.9 Å². The molecule has 1 aliphatic heterocycles. The number of hydrogen-bond donors (Lipinski definition) is 0. The molecule has 152 valence electrons. The van der Waals surface area contributed by atoms with Crippen LogP contribution < -0.4 is 4.74 Å². The lowest BCUT2D eigenvalue weighted by atomic mass is 10.1. The van der Waals surface area contributed by atoms with Gasteiger partial charge in [0, 0.05) is 26.3 Å². The Morgan fingerprint density at radius 1 is 1.28 bits per heavy atom. The maximum atomic E-state index is 12.5. The molecule has 1 aromatic carbocycles. The van der Waals surface area contributed by atoms with E-state index in [0.717, 1.165) is 12.1 Å². The normalized spacial score (nSPS) is 14.1. The monoisotopic (exact) mass is 397 g/mol.